The Balaban J connectivity index is 2.76. The Morgan fingerprint density at radius 2 is 1.90 bits per heavy atom. The molecule has 0 aliphatic carbocycles. The highest BCUT2D eigenvalue weighted by Gasteiger charge is 2.24. The minimum atomic E-state index is -0.657. The van der Waals surface area contributed by atoms with E-state index in [0.29, 0.717) is 5.56 Å². The maximum Gasteiger partial charge on any atom is 0.309 e. The van der Waals surface area contributed by atoms with Crippen molar-refractivity contribution in [2.24, 2.45) is 5.92 Å². The summed E-state index contributed by atoms with van der Waals surface area (Å²) in [7, 11) is 0. The zero-order valence-electron chi connectivity index (χ0n) is 11.7. The largest absolute Gasteiger partial charge is 0.466 e. The summed E-state index contributed by atoms with van der Waals surface area (Å²) in [6.45, 7) is 3.89. The minimum absolute atomic E-state index is 0.0663. The quantitative estimate of drug-likeness (QED) is 0.721. The summed E-state index contributed by atoms with van der Waals surface area (Å²) in [6, 6.07) is 5.95. The van der Waals surface area contributed by atoms with E-state index in [9.17, 15) is 14.0 Å². The average Bonchev–Trinajstić information content (AvgIpc) is 2.38. The Morgan fingerprint density at radius 1 is 1.20 bits per heavy atom. The maximum atomic E-state index is 13.1. The number of benzene rings is 1. The van der Waals surface area contributed by atoms with Gasteiger partial charge in [0, 0.05) is 0 Å². The number of esters is 2. The monoisotopic (exact) mass is 282 g/mol. The van der Waals surface area contributed by atoms with E-state index >= 15 is 0 Å². The van der Waals surface area contributed by atoms with Crippen LogP contribution in [0.4, 0.5) is 4.39 Å². The van der Waals surface area contributed by atoms with Gasteiger partial charge in [-0.15, -0.1) is 0 Å². The maximum absolute atomic E-state index is 13.1. The standard InChI is InChI=1S/C15H19FO4/c1-3-19-14(17)10-12(15(18)20-4-2)8-11-6-5-7-13(16)9-11/h5-7,9,12H,3-4,8,10H2,1-2H3. The van der Waals surface area contributed by atoms with Crippen molar-refractivity contribution in [3.05, 3.63) is 35.6 Å². The Morgan fingerprint density at radius 3 is 2.50 bits per heavy atom. The first-order chi connectivity index (χ1) is 9.56. The van der Waals surface area contributed by atoms with E-state index in [1.165, 1.54) is 12.1 Å². The fourth-order valence-electron chi connectivity index (χ4n) is 1.87. The van der Waals surface area contributed by atoms with Crippen LogP contribution in [0.1, 0.15) is 25.8 Å². The Kier molecular flexibility index (Phi) is 6.70. The van der Waals surface area contributed by atoms with Gasteiger partial charge in [0.1, 0.15) is 5.82 Å². The van der Waals surface area contributed by atoms with Crippen molar-refractivity contribution in [3.8, 4) is 0 Å². The van der Waals surface area contributed by atoms with Crippen molar-refractivity contribution in [2.45, 2.75) is 26.7 Å². The van der Waals surface area contributed by atoms with Gasteiger partial charge in [-0.05, 0) is 38.0 Å². The van der Waals surface area contributed by atoms with Crippen molar-refractivity contribution in [1.29, 1.82) is 0 Å². The molecular formula is C15H19FO4. The highest BCUT2D eigenvalue weighted by Crippen LogP contribution is 2.16. The minimum Gasteiger partial charge on any atom is -0.466 e. The fraction of sp³-hybridized carbons (Fsp3) is 0.467. The van der Waals surface area contributed by atoms with Gasteiger partial charge >= 0.3 is 11.9 Å². The smallest absolute Gasteiger partial charge is 0.309 e. The molecule has 0 radical (unpaired) electrons. The highest BCUT2D eigenvalue weighted by molar-refractivity contribution is 5.80. The number of rotatable bonds is 7. The summed E-state index contributed by atoms with van der Waals surface area (Å²) in [5.74, 6) is -1.95. The molecule has 0 saturated carbocycles. The number of hydrogen-bond donors (Lipinski definition) is 0. The SMILES string of the molecule is CCOC(=O)CC(Cc1cccc(F)c1)C(=O)OCC. The average molecular weight is 282 g/mol. The zero-order valence-corrected chi connectivity index (χ0v) is 11.7. The summed E-state index contributed by atoms with van der Waals surface area (Å²) < 4.78 is 22.9. The van der Waals surface area contributed by atoms with Gasteiger partial charge in [-0.2, -0.15) is 0 Å². The molecule has 0 aliphatic rings. The lowest BCUT2D eigenvalue weighted by atomic mass is 9.96. The molecule has 0 spiro atoms. The molecule has 0 saturated heterocycles. The van der Waals surface area contributed by atoms with Gasteiger partial charge in [-0.25, -0.2) is 4.39 Å². The summed E-state index contributed by atoms with van der Waals surface area (Å²) >= 11 is 0. The molecule has 0 aromatic heterocycles. The molecule has 0 N–H and O–H groups in total. The molecule has 0 amide bonds. The first kappa shape index (κ1) is 16.1. The van der Waals surface area contributed by atoms with Crippen LogP contribution in [-0.4, -0.2) is 25.2 Å². The molecular weight excluding hydrogens is 263 g/mol. The predicted octanol–water partition coefficient (Wildman–Crippen LogP) is 2.50. The van der Waals surface area contributed by atoms with Gasteiger partial charge in [-0.3, -0.25) is 9.59 Å². The molecule has 1 unspecified atom stereocenters. The van der Waals surface area contributed by atoms with Crippen LogP contribution in [-0.2, 0) is 25.5 Å². The predicted molar refractivity (Wildman–Crippen MR) is 71.5 cm³/mol. The molecule has 1 atom stereocenters. The lowest BCUT2D eigenvalue weighted by Crippen LogP contribution is -2.24. The van der Waals surface area contributed by atoms with E-state index in [1.807, 2.05) is 0 Å². The van der Waals surface area contributed by atoms with Crippen molar-refractivity contribution < 1.29 is 23.5 Å². The van der Waals surface area contributed by atoms with E-state index in [2.05, 4.69) is 0 Å². The summed E-state index contributed by atoms with van der Waals surface area (Å²) in [5, 5.41) is 0. The molecule has 0 fully saturated rings. The van der Waals surface area contributed by atoms with Crippen molar-refractivity contribution >= 4 is 11.9 Å². The molecule has 1 aromatic rings. The van der Waals surface area contributed by atoms with Crippen LogP contribution in [0.25, 0.3) is 0 Å². The Labute approximate surface area is 117 Å². The van der Waals surface area contributed by atoms with Crippen LogP contribution in [0.15, 0.2) is 24.3 Å². The third-order valence-corrected chi connectivity index (χ3v) is 2.71. The molecule has 4 nitrogen and oxygen atoms in total. The molecule has 1 rings (SSSR count). The second kappa shape index (κ2) is 8.30. The normalized spacial score (nSPS) is 11.8. The number of carbonyl (C=O) groups is 2. The lowest BCUT2D eigenvalue weighted by Gasteiger charge is -2.15. The van der Waals surface area contributed by atoms with Crippen molar-refractivity contribution in [2.75, 3.05) is 13.2 Å². The Hall–Kier alpha value is -1.91. The van der Waals surface area contributed by atoms with E-state index < -0.39 is 17.9 Å². The number of carbonyl (C=O) groups excluding carboxylic acids is 2. The molecule has 1 aromatic carbocycles. The number of halogens is 1. The van der Waals surface area contributed by atoms with Crippen LogP contribution in [0, 0.1) is 11.7 Å². The Bertz CT molecular complexity index is 459. The van der Waals surface area contributed by atoms with Crippen molar-refractivity contribution in [1.82, 2.24) is 0 Å². The topological polar surface area (TPSA) is 52.6 Å². The van der Waals surface area contributed by atoms with Gasteiger partial charge in [0.25, 0.3) is 0 Å². The van der Waals surface area contributed by atoms with Gasteiger partial charge < -0.3 is 9.47 Å². The first-order valence-electron chi connectivity index (χ1n) is 6.63. The summed E-state index contributed by atoms with van der Waals surface area (Å²) in [6.07, 6.45) is 0.179. The third kappa shape index (κ3) is 5.38. The third-order valence-electron chi connectivity index (χ3n) is 2.71. The molecule has 20 heavy (non-hydrogen) atoms. The van der Waals surface area contributed by atoms with Crippen LogP contribution in [0.3, 0.4) is 0 Å². The zero-order chi connectivity index (χ0) is 15.0. The second-order valence-electron chi connectivity index (χ2n) is 4.29. The van der Waals surface area contributed by atoms with Gasteiger partial charge in [0.2, 0.25) is 0 Å². The second-order valence-corrected chi connectivity index (χ2v) is 4.29. The summed E-state index contributed by atoms with van der Waals surface area (Å²) in [4.78, 5) is 23.4. The van der Waals surface area contributed by atoms with Gasteiger partial charge in [0.15, 0.2) is 0 Å². The van der Waals surface area contributed by atoms with E-state index in [0.717, 1.165) is 0 Å². The molecule has 0 aliphatic heterocycles. The van der Waals surface area contributed by atoms with E-state index in [4.69, 9.17) is 9.47 Å². The fourth-order valence-corrected chi connectivity index (χ4v) is 1.87. The molecule has 0 heterocycles. The highest BCUT2D eigenvalue weighted by atomic mass is 19.1. The first-order valence-corrected chi connectivity index (χ1v) is 6.63. The van der Waals surface area contributed by atoms with Crippen LogP contribution in [0.2, 0.25) is 0 Å². The number of hydrogen-bond acceptors (Lipinski definition) is 4. The van der Waals surface area contributed by atoms with E-state index in [1.54, 1.807) is 26.0 Å². The van der Waals surface area contributed by atoms with Crippen LogP contribution in [0.5, 0.6) is 0 Å². The van der Waals surface area contributed by atoms with E-state index in [-0.39, 0.29) is 31.9 Å². The van der Waals surface area contributed by atoms with Gasteiger partial charge in [-0.1, -0.05) is 12.1 Å². The summed E-state index contributed by atoms with van der Waals surface area (Å²) in [5.41, 5.74) is 0.646. The molecule has 110 valence electrons. The van der Waals surface area contributed by atoms with Crippen LogP contribution < -0.4 is 0 Å². The number of ether oxygens (including phenoxy) is 2. The molecule has 5 heteroatoms. The van der Waals surface area contributed by atoms with Gasteiger partial charge in [0.05, 0.1) is 25.6 Å². The van der Waals surface area contributed by atoms with Crippen LogP contribution >= 0.6 is 0 Å². The lowest BCUT2D eigenvalue weighted by molar-refractivity contribution is -0.154. The molecule has 0 bridgehead atoms. The van der Waals surface area contributed by atoms with Crippen molar-refractivity contribution in [3.63, 3.8) is 0 Å².